The van der Waals surface area contributed by atoms with Gasteiger partial charge < -0.3 is 10.4 Å². The molecule has 150 valence electrons. The topological polar surface area (TPSA) is 101 Å². The lowest BCUT2D eigenvalue weighted by Crippen LogP contribution is -2.48. The summed E-state index contributed by atoms with van der Waals surface area (Å²) in [6.45, 7) is 7.13. The summed E-state index contributed by atoms with van der Waals surface area (Å²) in [6, 6.07) is 8.08. The van der Waals surface area contributed by atoms with Crippen LogP contribution in [0.25, 0.3) is 0 Å². The molecule has 1 amide bonds. The molecule has 2 atom stereocenters. The van der Waals surface area contributed by atoms with Crippen LogP contribution in [0.1, 0.15) is 52.5 Å². The fourth-order valence-corrected chi connectivity index (χ4v) is 3.90. The van der Waals surface area contributed by atoms with Gasteiger partial charge in [0, 0.05) is 0 Å². The first-order valence-corrected chi connectivity index (χ1v) is 10.2. The molecule has 1 aromatic rings. The summed E-state index contributed by atoms with van der Waals surface area (Å²) in [7, 11) is -2.57. The van der Waals surface area contributed by atoms with E-state index in [0.29, 0.717) is 12.8 Å². The van der Waals surface area contributed by atoms with Crippen molar-refractivity contribution in [3.63, 3.8) is 0 Å². The monoisotopic (exact) mass is 395 g/mol. The largest absolute Gasteiger partial charge is 0.480 e. The smallest absolute Gasteiger partial charge is 0.326 e. The van der Waals surface area contributed by atoms with E-state index in [0.717, 1.165) is 12.0 Å². The fourth-order valence-electron chi connectivity index (χ4n) is 2.98. The molecule has 0 spiro atoms. The highest BCUT2D eigenvalue weighted by atomic mass is 32.2. The lowest BCUT2D eigenvalue weighted by Gasteiger charge is -2.27. The number of hydrogen-bond donors (Lipinski definition) is 2. The molecule has 1 rings (SSSR count). The van der Waals surface area contributed by atoms with E-state index in [1.54, 1.807) is 20.8 Å². The van der Waals surface area contributed by atoms with Crippen molar-refractivity contribution >= 4 is 27.0 Å². The van der Waals surface area contributed by atoms with E-state index in [1.165, 1.54) is 0 Å². The molecular formula is C20H29NO5S. The van der Waals surface area contributed by atoms with Crippen molar-refractivity contribution in [3.05, 3.63) is 35.9 Å². The Morgan fingerprint density at radius 2 is 1.74 bits per heavy atom. The van der Waals surface area contributed by atoms with Gasteiger partial charge in [0.05, 0.1) is 10.8 Å². The van der Waals surface area contributed by atoms with Crippen LogP contribution < -0.4 is 5.32 Å². The van der Waals surface area contributed by atoms with Gasteiger partial charge in [-0.2, -0.15) is 8.42 Å². The maximum absolute atomic E-state index is 12.9. The molecule has 0 aromatic heterocycles. The van der Waals surface area contributed by atoms with Crippen molar-refractivity contribution in [2.75, 3.05) is 0 Å². The third kappa shape index (κ3) is 7.17. The van der Waals surface area contributed by atoms with Crippen molar-refractivity contribution in [2.45, 2.75) is 59.4 Å². The molecule has 0 bridgehead atoms. The zero-order valence-corrected chi connectivity index (χ0v) is 17.2. The fraction of sp³-hybridized carbons (Fsp3) is 0.550. The molecular weight excluding hydrogens is 366 g/mol. The molecule has 27 heavy (non-hydrogen) atoms. The van der Waals surface area contributed by atoms with Gasteiger partial charge >= 0.3 is 5.97 Å². The summed E-state index contributed by atoms with van der Waals surface area (Å²) < 4.78 is 23.9. The lowest BCUT2D eigenvalue weighted by molar-refractivity contribution is -0.142. The van der Waals surface area contributed by atoms with Crippen molar-refractivity contribution in [2.24, 2.45) is 11.3 Å². The number of carbonyl (C=O) groups is 2. The first-order valence-electron chi connectivity index (χ1n) is 9.11. The molecule has 0 heterocycles. The predicted molar refractivity (Wildman–Crippen MR) is 106 cm³/mol. The zero-order chi connectivity index (χ0) is 20.6. The van der Waals surface area contributed by atoms with E-state index in [-0.39, 0.29) is 11.3 Å². The molecule has 0 aliphatic carbocycles. The van der Waals surface area contributed by atoms with Gasteiger partial charge in [-0.25, -0.2) is 4.79 Å². The third-order valence-electron chi connectivity index (χ3n) is 4.30. The van der Waals surface area contributed by atoms with Gasteiger partial charge in [-0.3, -0.25) is 4.79 Å². The van der Waals surface area contributed by atoms with E-state index in [1.807, 2.05) is 37.3 Å². The Hall–Kier alpha value is -2.15. The number of aliphatic carboxylic acids is 1. The Bertz CT molecular complexity index is 770. The Morgan fingerprint density at radius 1 is 1.15 bits per heavy atom. The highest BCUT2D eigenvalue weighted by Gasteiger charge is 2.35. The van der Waals surface area contributed by atoms with E-state index in [4.69, 9.17) is 0 Å². The highest BCUT2D eigenvalue weighted by Crippen LogP contribution is 2.24. The summed E-state index contributed by atoms with van der Waals surface area (Å²) >= 11 is 0. The van der Waals surface area contributed by atoms with Crippen LogP contribution in [-0.4, -0.2) is 36.3 Å². The van der Waals surface area contributed by atoms with Gasteiger partial charge in [0.25, 0.3) is 0 Å². The first kappa shape index (κ1) is 22.9. The van der Waals surface area contributed by atoms with Crippen molar-refractivity contribution in [1.82, 2.24) is 5.32 Å². The van der Waals surface area contributed by atoms with Crippen LogP contribution in [0.5, 0.6) is 0 Å². The lowest BCUT2D eigenvalue weighted by atomic mass is 9.81. The van der Waals surface area contributed by atoms with Crippen molar-refractivity contribution < 1.29 is 23.1 Å². The number of carboxylic acids is 1. The number of rotatable bonds is 9. The van der Waals surface area contributed by atoms with Crippen LogP contribution >= 0.6 is 0 Å². The van der Waals surface area contributed by atoms with Gasteiger partial charge in [0.2, 0.25) is 16.2 Å². The highest BCUT2D eigenvalue weighted by molar-refractivity contribution is 7.73. The van der Waals surface area contributed by atoms with Gasteiger partial charge in [-0.05, 0) is 23.8 Å². The minimum atomic E-state index is -2.57. The maximum atomic E-state index is 12.9. The molecule has 0 aliphatic rings. The van der Waals surface area contributed by atoms with Crippen LogP contribution in [0, 0.1) is 11.3 Å². The molecule has 7 heteroatoms. The standard InChI is InChI=1S/C20H29NO5S/c1-5-6-12-16(19(23)24)21-18(22)15(13-14-10-8-7-9-11-14)17(27(25)26)20(2,3)4/h7-11,15-16H,5-6,12-13H2,1-4H3,(H,21,22)(H,23,24)/t15-,16+/m1/s1. The summed E-state index contributed by atoms with van der Waals surface area (Å²) in [5, 5.41) is 11.9. The first-order chi connectivity index (χ1) is 12.6. The Morgan fingerprint density at radius 3 is 2.19 bits per heavy atom. The van der Waals surface area contributed by atoms with Crippen molar-refractivity contribution in [1.29, 1.82) is 0 Å². The van der Waals surface area contributed by atoms with Crippen LogP contribution in [0.4, 0.5) is 0 Å². The maximum Gasteiger partial charge on any atom is 0.326 e. The number of carbonyl (C=O) groups excluding carboxylic acids is 1. The number of unbranched alkanes of at least 4 members (excludes halogenated alkanes) is 1. The van der Waals surface area contributed by atoms with E-state index >= 15 is 0 Å². The Labute approximate surface area is 162 Å². The molecule has 1 aromatic carbocycles. The molecule has 0 saturated heterocycles. The zero-order valence-electron chi connectivity index (χ0n) is 16.4. The SMILES string of the molecule is CCCC[C@H](NC(=O)[C@H](Cc1ccccc1)C(=S(=O)=O)C(C)(C)C)C(=O)O. The van der Waals surface area contributed by atoms with E-state index < -0.39 is 39.5 Å². The summed E-state index contributed by atoms with van der Waals surface area (Å²) in [5.41, 5.74) is 0.0521. The number of nitrogens with one attached hydrogen (secondary N) is 1. The molecule has 6 nitrogen and oxygen atoms in total. The van der Waals surface area contributed by atoms with Crippen LogP contribution in [0.15, 0.2) is 30.3 Å². The second-order valence-electron chi connectivity index (χ2n) is 7.63. The van der Waals surface area contributed by atoms with Crippen LogP contribution in [-0.2, 0) is 26.3 Å². The number of benzene rings is 1. The second-order valence-corrected chi connectivity index (χ2v) is 8.54. The quantitative estimate of drug-likeness (QED) is 0.626. The molecule has 0 radical (unpaired) electrons. The molecule has 0 aliphatic heterocycles. The molecule has 0 fully saturated rings. The van der Waals surface area contributed by atoms with Gasteiger partial charge in [0.1, 0.15) is 6.04 Å². The summed E-state index contributed by atoms with van der Waals surface area (Å²) in [4.78, 5) is 24.5. The Balaban J connectivity index is 3.25. The predicted octanol–water partition coefficient (Wildman–Crippen LogP) is 2.70. The molecule has 0 unspecified atom stereocenters. The van der Waals surface area contributed by atoms with Crippen LogP contribution in [0.3, 0.4) is 0 Å². The second kappa shape index (κ2) is 10.3. The molecule has 0 saturated carbocycles. The van der Waals surface area contributed by atoms with Gasteiger partial charge in [0.15, 0.2) is 0 Å². The average molecular weight is 396 g/mol. The van der Waals surface area contributed by atoms with Gasteiger partial charge in [-0.1, -0.05) is 70.9 Å². The van der Waals surface area contributed by atoms with E-state index in [2.05, 4.69) is 5.32 Å². The van der Waals surface area contributed by atoms with Crippen molar-refractivity contribution in [3.8, 4) is 0 Å². The number of carboxylic acid groups (broad SMARTS) is 1. The van der Waals surface area contributed by atoms with Crippen LogP contribution in [0.2, 0.25) is 0 Å². The minimum Gasteiger partial charge on any atom is -0.480 e. The average Bonchev–Trinajstić information content (AvgIpc) is 2.56. The normalized spacial score (nSPS) is 13.5. The number of amides is 1. The number of hydrogen-bond acceptors (Lipinski definition) is 4. The Kier molecular flexibility index (Phi) is 8.69. The van der Waals surface area contributed by atoms with E-state index in [9.17, 15) is 23.1 Å². The molecule has 2 N–H and O–H groups in total. The minimum absolute atomic E-state index is 0.0727. The summed E-state index contributed by atoms with van der Waals surface area (Å²) in [6.07, 6.45) is 1.95. The van der Waals surface area contributed by atoms with Gasteiger partial charge in [-0.15, -0.1) is 0 Å². The third-order valence-corrected chi connectivity index (χ3v) is 5.55. The summed E-state index contributed by atoms with van der Waals surface area (Å²) in [5.74, 6) is -2.65.